The third-order valence-corrected chi connectivity index (χ3v) is 8.98. The van der Waals surface area contributed by atoms with Gasteiger partial charge in [0.25, 0.3) is 0 Å². The van der Waals surface area contributed by atoms with Crippen molar-refractivity contribution in [2.45, 2.75) is 146 Å². The molecular formula is C36H66KNaO42Ti. The summed E-state index contributed by atoms with van der Waals surface area (Å²) < 4.78 is 0. The average Bonchev–Trinajstić information content (AvgIpc) is 3.42. The molecule has 24 unspecified atom stereocenters. The van der Waals surface area contributed by atoms with Crippen LogP contribution in [0.3, 0.4) is 0 Å². The second-order valence-electron chi connectivity index (χ2n) is 15.0. The van der Waals surface area contributed by atoms with E-state index in [1.807, 2.05) is 0 Å². The Morgan fingerprint density at radius 3 is 0.346 bits per heavy atom. The largest absolute Gasteiger partial charge is 4.00 e. The van der Waals surface area contributed by atoms with Crippen LogP contribution in [0.1, 0.15) is 0 Å². The molecule has 0 saturated heterocycles. The molecule has 0 radical (unpaired) electrons. The Hall–Kier alpha value is -1.03. The van der Waals surface area contributed by atoms with Gasteiger partial charge in [0.05, 0.1) is 75.5 Å². The molecule has 0 saturated carbocycles. The second kappa shape index (κ2) is 53.2. The number of carbonyl (C=O) groups excluding carboxylic acids is 6. The van der Waals surface area contributed by atoms with E-state index < -0.39 is 222 Å². The fourth-order valence-corrected chi connectivity index (χ4v) is 3.97. The molecule has 0 aliphatic heterocycles. The molecule has 0 aliphatic carbocycles. The molecule has 42 nitrogen and oxygen atoms in total. The standard InChI is InChI=1S/6C6H12O7.K.Na.Ti/c6*7-1-2(8)3(9)4(10)5(11)6(12)13;;;/h6*2-5,7-11H,1H2,(H,12,13);;;/q;;;;;;2*+1;+4/p-6. The molecule has 0 aromatic rings. The summed E-state index contributed by atoms with van der Waals surface area (Å²) in [6.45, 7) is -5.18. The predicted octanol–water partition coefficient (Wildman–Crippen LogP) is -35.0. The Balaban J connectivity index is -0.000000109. The van der Waals surface area contributed by atoms with Gasteiger partial charge in [0.1, 0.15) is 146 Å². The maximum atomic E-state index is 9.98. The van der Waals surface area contributed by atoms with Crippen LogP contribution in [-0.4, -0.2) is 375 Å². The van der Waals surface area contributed by atoms with Gasteiger partial charge in [-0.3, -0.25) is 0 Å². The van der Waals surface area contributed by atoms with Gasteiger partial charge in [0, 0.05) is 0 Å². The molecule has 468 valence electrons. The topological polar surface area (TPSA) is 848 Å². The molecule has 30 N–H and O–H groups in total. The van der Waals surface area contributed by atoms with Crippen LogP contribution in [0.5, 0.6) is 0 Å². The van der Waals surface area contributed by atoms with Gasteiger partial charge in [-0.05, 0) is 0 Å². The first-order valence-electron chi connectivity index (χ1n) is 20.7. The first kappa shape index (κ1) is 99.0. The first-order valence-corrected chi connectivity index (χ1v) is 20.7. The van der Waals surface area contributed by atoms with Crippen LogP contribution in [-0.2, 0) is 50.5 Å². The average molecular weight is 1280 g/mol. The third kappa shape index (κ3) is 40.9. The number of hydrogen-bond donors (Lipinski definition) is 30. The van der Waals surface area contributed by atoms with Crippen LogP contribution in [0.25, 0.3) is 0 Å². The molecule has 0 spiro atoms. The van der Waals surface area contributed by atoms with Crippen molar-refractivity contribution >= 4 is 35.8 Å². The number of carbonyl (C=O) groups is 6. The maximum absolute atomic E-state index is 9.98. The van der Waals surface area contributed by atoms with Crippen molar-refractivity contribution in [1.29, 1.82) is 0 Å². The molecular weight excluding hydrogens is 1210 g/mol. The van der Waals surface area contributed by atoms with Crippen LogP contribution >= 0.6 is 0 Å². The Labute approximate surface area is 532 Å². The van der Waals surface area contributed by atoms with Crippen molar-refractivity contribution in [2.75, 3.05) is 39.6 Å². The minimum absolute atomic E-state index is 0. The van der Waals surface area contributed by atoms with Gasteiger partial charge in [0.2, 0.25) is 0 Å². The zero-order valence-corrected chi connectivity index (χ0v) is 48.6. The van der Waals surface area contributed by atoms with E-state index in [0.29, 0.717) is 0 Å². The fourth-order valence-electron chi connectivity index (χ4n) is 3.97. The van der Waals surface area contributed by atoms with E-state index in [1.165, 1.54) is 0 Å². The van der Waals surface area contributed by atoms with Gasteiger partial charge in [0.15, 0.2) is 0 Å². The summed E-state index contributed by atoms with van der Waals surface area (Å²) in [6.07, 6.45) is -48.5. The molecule has 0 fully saturated rings. The van der Waals surface area contributed by atoms with Crippen LogP contribution < -0.4 is 112 Å². The van der Waals surface area contributed by atoms with E-state index in [4.69, 9.17) is 153 Å². The van der Waals surface area contributed by atoms with Gasteiger partial charge in [-0.15, -0.1) is 0 Å². The van der Waals surface area contributed by atoms with Crippen molar-refractivity contribution in [2.24, 2.45) is 0 Å². The molecule has 0 aromatic carbocycles. The van der Waals surface area contributed by atoms with Gasteiger partial charge in [-0.25, -0.2) is 0 Å². The number of hydrogen-bond acceptors (Lipinski definition) is 42. The summed E-state index contributed by atoms with van der Waals surface area (Å²) in [4.78, 5) is 59.9. The first-order chi connectivity index (χ1) is 35.5. The molecule has 45 heteroatoms. The van der Waals surface area contributed by atoms with Crippen LogP contribution in [0.15, 0.2) is 0 Å². The van der Waals surface area contributed by atoms with Crippen LogP contribution in [0.4, 0.5) is 0 Å². The zero-order valence-electron chi connectivity index (χ0n) is 41.9. The molecule has 0 aliphatic rings. The van der Waals surface area contributed by atoms with Crippen molar-refractivity contribution in [3.8, 4) is 0 Å². The van der Waals surface area contributed by atoms with Crippen molar-refractivity contribution in [1.82, 2.24) is 0 Å². The van der Waals surface area contributed by atoms with Crippen molar-refractivity contribution in [3.05, 3.63) is 0 Å². The fraction of sp³-hybridized carbons (Fsp3) is 0.833. The summed E-state index contributed by atoms with van der Waals surface area (Å²) in [5.74, 6) is -11.9. The Morgan fingerprint density at radius 1 is 0.222 bits per heavy atom. The normalized spacial score (nSPS) is 19.6. The summed E-state index contributed by atoms with van der Waals surface area (Å²) in [7, 11) is 0. The molecule has 0 bridgehead atoms. The van der Waals surface area contributed by atoms with Gasteiger partial charge in [-0.1, -0.05) is 0 Å². The molecule has 0 amide bonds. The number of carboxylic acid groups (broad SMARTS) is 6. The SMILES string of the molecule is O=C([O-])C(O)C(O)C(O)C(O)CO.O=C([O-])C(O)C(O)C(O)C(O)CO.O=C([O-])C(O)C(O)C(O)C(O)CO.O=C([O-])C(O)C(O)C(O)C(O)CO.O=C([O-])C(O)C(O)C(O)C(O)CO.O=C([O-])C(O)C(O)C(O)C(O)CO.[K+].[Na+].[Ti+4]. The summed E-state index contributed by atoms with van der Waals surface area (Å²) in [5.41, 5.74) is 0. The second-order valence-corrected chi connectivity index (χ2v) is 15.0. The van der Waals surface area contributed by atoms with E-state index in [0.717, 1.165) is 0 Å². The summed E-state index contributed by atoms with van der Waals surface area (Å²) >= 11 is 0. The quantitative estimate of drug-likeness (QED) is 0.0297. The van der Waals surface area contributed by atoms with Crippen molar-refractivity contribution in [3.63, 3.8) is 0 Å². The van der Waals surface area contributed by atoms with E-state index in [1.54, 1.807) is 0 Å². The van der Waals surface area contributed by atoms with Gasteiger partial charge in [-0.2, -0.15) is 0 Å². The van der Waals surface area contributed by atoms with Gasteiger partial charge >= 0.3 is 103 Å². The monoisotopic (exact) mass is 1280 g/mol. The Bertz CT molecular complexity index is 1340. The summed E-state index contributed by atoms with van der Waals surface area (Å²) in [5, 5.41) is 321. The molecule has 81 heavy (non-hydrogen) atoms. The van der Waals surface area contributed by atoms with Gasteiger partial charge < -0.3 is 213 Å². The van der Waals surface area contributed by atoms with E-state index >= 15 is 0 Å². The summed E-state index contributed by atoms with van der Waals surface area (Å²) in [6, 6.07) is 0. The minimum Gasteiger partial charge on any atom is -0.547 e. The Morgan fingerprint density at radius 2 is 0.296 bits per heavy atom. The number of carboxylic acids is 6. The number of aliphatic carboxylic acids is 6. The Kier molecular flexibility index (Phi) is 65.1. The molecule has 24 atom stereocenters. The van der Waals surface area contributed by atoms with Crippen LogP contribution in [0, 0.1) is 0 Å². The number of aliphatic hydroxyl groups excluding tert-OH is 30. The van der Waals surface area contributed by atoms with Crippen LogP contribution in [0.2, 0.25) is 0 Å². The van der Waals surface area contributed by atoms with E-state index in [9.17, 15) is 59.4 Å². The number of aliphatic hydroxyl groups is 30. The zero-order chi connectivity index (χ0) is 63.6. The molecule has 0 rings (SSSR count). The number of rotatable bonds is 30. The van der Waals surface area contributed by atoms with E-state index in [2.05, 4.69) is 0 Å². The van der Waals surface area contributed by atoms with E-state index in [-0.39, 0.29) is 103 Å². The van der Waals surface area contributed by atoms with Crippen molar-refractivity contribution < 1.29 is 315 Å². The molecule has 0 heterocycles. The molecule has 0 aromatic heterocycles. The minimum atomic E-state index is -2.31. The third-order valence-electron chi connectivity index (χ3n) is 8.98. The predicted molar refractivity (Wildman–Crippen MR) is 217 cm³/mol. The maximum Gasteiger partial charge on any atom is 4.00 e. The smallest absolute Gasteiger partial charge is 0.547 e.